The first-order valence-corrected chi connectivity index (χ1v) is 10.6. The van der Waals surface area contributed by atoms with Crippen LogP contribution in [0.25, 0.3) is 6.08 Å². The highest BCUT2D eigenvalue weighted by atomic mass is 79.9. The molecule has 0 saturated heterocycles. The molecule has 33 heavy (non-hydrogen) atoms. The summed E-state index contributed by atoms with van der Waals surface area (Å²) in [7, 11) is 0. The maximum atomic E-state index is 12.9. The molecule has 0 aliphatic rings. The van der Waals surface area contributed by atoms with E-state index in [1.165, 1.54) is 24.3 Å². The molecule has 3 rings (SSSR count). The third-order valence-corrected chi connectivity index (χ3v) is 5.21. The normalized spacial score (nSPS) is 11.6. The Hall–Kier alpha value is -3.28. The Labute approximate surface area is 201 Å². The smallest absolute Gasteiger partial charge is 0.416 e. The average molecular weight is 536 g/mol. The fourth-order valence-corrected chi connectivity index (χ4v) is 3.26. The number of carbonyl (C=O) groups excluding carboxylic acids is 1. The van der Waals surface area contributed by atoms with Gasteiger partial charge in [-0.15, -0.1) is 0 Å². The second kappa shape index (κ2) is 10.6. The van der Waals surface area contributed by atoms with Gasteiger partial charge in [-0.25, -0.2) is 0 Å². The number of halogens is 5. The molecule has 4 nitrogen and oxygen atoms in total. The van der Waals surface area contributed by atoms with Gasteiger partial charge in [0.2, 0.25) is 0 Å². The zero-order chi connectivity index (χ0) is 24.0. The summed E-state index contributed by atoms with van der Waals surface area (Å²) in [6.07, 6.45) is -3.26. The van der Waals surface area contributed by atoms with Crippen LogP contribution < -0.4 is 10.1 Å². The molecule has 0 saturated carbocycles. The molecule has 0 atom stereocenters. The van der Waals surface area contributed by atoms with Gasteiger partial charge in [-0.3, -0.25) is 4.79 Å². The van der Waals surface area contributed by atoms with Crippen LogP contribution in [0.3, 0.4) is 0 Å². The lowest BCUT2D eigenvalue weighted by atomic mass is 10.1. The second-order valence-corrected chi connectivity index (χ2v) is 8.13. The number of nitrogens with zero attached hydrogens (tertiary/aromatic N) is 1. The van der Waals surface area contributed by atoms with Crippen molar-refractivity contribution in [2.75, 3.05) is 5.32 Å². The van der Waals surface area contributed by atoms with Crippen molar-refractivity contribution in [3.63, 3.8) is 0 Å². The van der Waals surface area contributed by atoms with Gasteiger partial charge in [-0.05, 0) is 59.7 Å². The lowest BCUT2D eigenvalue weighted by Gasteiger charge is -2.10. The zero-order valence-corrected chi connectivity index (χ0v) is 19.1. The second-order valence-electron chi connectivity index (χ2n) is 6.81. The van der Waals surface area contributed by atoms with Crippen molar-refractivity contribution in [1.29, 1.82) is 5.26 Å². The molecule has 3 aromatic rings. The molecule has 0 fully saturated rings. The van der Waals surface area contributed by atoms with Crippen LogP contribution in [-0.4, -0.2) is 5.91 Å². The molecule has 0 aliphatic carbocycles. The summed E-state index contributed by atoms with van der Waals surface area (Å²) in [4.78, 5) is 12.4. The largest absolute Gasteiger partial charge is 0.487 e. The minimum Gasteiger partial charge on any atom is -0.487 e. The first-order chi connectivity index (χ1) is 15.7. The highest BCUT2D eigenvalue weighted by molar-refractivity contribution is 9.10. The summed E-state index contributed by atoms with van der Waals surface area (Å²) >= 11 is 9.63. The molecule has 0 unspecified atom stereocenters. The third kappa shape index (κ3) is 6.85. The zero-order valence-electron chi connectivity index (χ0n) is 16.8. The first kappa shape index (κ1) is 24.4. The van der Waals surface area contributed by atoms with Crippen LogP contribution in [0.15, 0.2) is 76.8 Å². The maximum absolute atomic E-state index is 12.9. The van der Waals surface area contributed by atoms with Gasteiger partial charge in [0.15, 0.2) is 0 Å². The number of nitrogens with one attached hydrogen (secondary N) is 1. The molecule has 0 radical (unpaired) electrons. The maximum Gasteiger partial charge on any atom is 0.416 e. The molecular formula is C24H15BrClF3N2O2. The van der Waals surface area contributed by atoms with Crippen LogP contribution in [0.5, 0.6) is 5.75 Å². The van der Waals surface area contributed by atoms with Crippen LogP contribution in [-0.2, 0) is 17.6 Å². The highest BCUT2D eigenvalue weighted by Gasteiger charge is 2.30. The summed E-state index contributed by atoms with van der Waals surface area (Å²) in [5.74, 6) is -0.424. The number of nitriles is 1. The van der Waals surface area contributed by atoms with E-state index in [-0.39, 0.29) is 16.3 Å². The first-order valence-electron chi connectivity index (χ1n) is 9.43. The molecule has 0 spiro atoms. The van der Waals surface area contributed by atoms with E-state index in [4.69, 9.17) is 16.3 Å². The minimum atomic E-state index is -4.55. The number of benzene rings is 3. The standard InChI is InChI=1S/C24H15BrClF3N2O2/c25-19-7-4-15(5-8-19)14-33-22-9-6-16(11-21(22)26)10-17(13-30)23(32)31-20-3-1-2-18(12-20)24(27,28)29/h1-12H,14H2,(H,31,32)/b17-10+. The van der Waals surface area contributed by atoms with Crippen LogP contribution in [0.4, 0.5) is 18.9 Å². The van der Waals surface area contributed by atoms with Gasteiger partial charge in [0.05, 0.1) is 10.6 Å². The predicted octanol–water partition coefficient (Wildman–Crippen LogP) is 7.25. The summed E-state index contributed by atoms with van der Waals surface area (Å²) in [5.41, 5.74) is 0.106. The van der Waals surface area contributed by atoms with Crippen LogP contribution in [0.2, 0.25) is 5.02 Å². The Bertz CT molecular complexity index is 1240. The van der Waals surface area contributed by atoms with Crippen molar-refractivity contribution in [1.82, 2.24) is 0 Å². The quantitative estimate of drug-likeness (QED) is 0.267. The van der Waals surface area contributed by atoms with Crippen molar-refractivity contribution in [3.05, 3.63) is 98.5 Å². The van der Waals surface area contributed by atoms with Crippen molar-refractivity contribution >= 4 is 45.2 Å². The van der Waals surface area contributed by atoms with Crippen molar-refractivity contribution in [2.45, 2.75) is 12.8 Å². The topological polar surface area (TPSA) is 62.1 Å². The SMILES string of the molecule is N#C/C(=C\c1ccc(OCc2ccc(Br)cc2)c(Cl)c1)C(=O)Nc1cccc(C(F)(F)F)c1. The Morgan fingerprint density at radius 3 is 2.48 bits per heavy atom. The van der Waals surface area contributed by atoms with Gasteiger partial charge in [0.1, 0.15) is 24.0 Å². The fraction of sp³-hybridized carbons (Fsp3) is 0.0833. The molecule has 9 heteroatoms. The monoisotopic (exact) mass is 534 g/mol. The Morgan fingerprint density at radius 1 is 1.12 bits per heavy atom. The van der Waals surface area contributed by atoms with E-state index < -0.39 is 17.6 Å². The number of hydrogen-bond donors (Lipinski definition) is 1. The highest BCUT2D eigenvalue weighted by Crippen LogP contribution is 2.31. The van der Waals surface area contributed by atoms with Gasteiger partial charge in [0, 0.05) is 10.2 Å². The number of alkyl halides is 3. The lowest BCUT2D eigenvalue weighted by Crippen LogP contribution is -2.14. The molecule has 0 aromatic heterocycles. The number of hydrogen-bond acceptors (Lipinski definition) is 3. The molecule has 1 amide bonds. The van der Waals surface area contributed by atoms with E-state index in [1.54, 1.807) is 18.2 Å². The van der Waals surface area contributed by atoms with Crippen LogP contribution in [0, 0.1) is 11.3 Å². The number of amides is 1. The number of rotatable bonds is 6. The molecule has 1 N–H and O–H groups in total. The molecule has 0 aliphatic heterocycles. The van der Waals surface area contributed by atoms with Gasteiger partial charge in [-0.2, -0.15) is 18.4 Å². The van der Waals surface area contributed by atoms with Crippen LogP contribution >= 0.6 is 27.5 Å². The molecule has 0 bridgehead atoms. The lowest BCUT2D eigenvalue weighted by molar-refractivity contribution is -0.137. The van der Waals surface area contributed by atoms with Crippen molar-refractivity contribution in [3.8, 4) is 11.8 Å². The fourth-order valence-electron chi connectivity index (χ4n) is 2.75. The van der Waals surface area contributed by atoms with Crippen LogP contribution in [0.1, 0.15) is 16.7 Å². The molecular weight excluding hydrogens is 521 g/mol. The van der Waals surface area contributed by atoms with E-state index in [0.29, 0.717) is 17.9 Å². The van der Waals surface area contributed by atoms with Gasteiger partial charge in [-0.1, -0.05) is 51.8 Å². The van der Waals surface area contributed by atoms with Gasteiger partial charge < -0.3 is 10.1 Å². The Balaban J connectivity index is 1.71. The molecule has 0 heterocycles. The third-order valence-electron chi connectivity index (χ3n) is 4.39. The van der Waals surface area contributed by atoms with E-state index in [9.17, 15) is 23.2 Å². The Kier molecular flexibility index (Phi) is 7.79. The van der Waals surface area contributed by atoms with Crippen molar-refractivity contribution < 1.29 is 22.7 Å². The summed E-state index contributed by atoms with van der Waals surface area (Å²) in [5, 5.41) is 11.9. The number of carbonyl (C=O) groups is 1. The summed E-state index contributed by atoms with van der Waals surface area (Å²) < 4.78 is 45.2. The average Bonchev–Trinajstić information content (AvgIpc) is 2.77. The van der Waals surface area contributed by atoms with Gasteiger partial charge >= 0.3 is 6.18 Å². The van der Waals surface area contributed by atoms with E-state index in [2.05, 4.69) is 21.2 Å². The van der Waals surface area contributed by atoms with E-state index in [0.717, 1.165) is 22.2 Å². The molecule has 3 aromatic carbocycles. The van der Waals surface area contributed by atoms with E-state index in [1.807, 2.05) is 24.3 Å². The number of ether oxygens (including phenoxy) is 1. The Morgan fingerprint density at radius 2 is 1.85 bits per heavy atom. The molecule has 168 valence electrons. The number of anilines is 1. The summed E-state index contributed by atoms with van der Waals surface area (Å²) in [6, 6.07) is 18.2. The van der Waals surface area contributed by atoms with Crippen molar-refractivity contribution in [2.24, 2.45) is 0 Å². The van der Waals surface area contributed by atoms with Gasteiger partial charge in [0.25, 0.3) is 5.91 Å². The summed E-state index contributed by atoms with van der Waals surface area (Å²) in [6.45, 7) is 0.297. The minimum absolute atomic E-state index is 0.0781. The predicted molar refractivity (Wildman–Crippen MR) is 124 cm³/mol. The van der Waals surface area contributed by atoms with E-state index >= 15 is 0 Å².